The number of amides is 1. The van der Waals surface area contributed by atoms with Gasteiger partial charge in [-0.1, -0.05) is 72.3 Å². The summed E-state index contributed by atoms with van der Waals surface area (Å²) in [6.45, 7) is 1.96. The van der Waals surface area contributed by atoms with Gasteiger partial charge in [-0.05, 0) is 37.5 Å². The summed E-state index contributed by atoms with van der Waals surface area (Å²) < 4.78 is 5.18. The van der Waals surface area contributed by atoms with E-state index in [1.165, 1.54) is 19.2 Å². The molecule has 168 valence electrons. The normalized spacial score (nSPS) is 21.2. The van der Waals surface area contributed by atoms with Crippen LogP contribution in [0.15, 0.2) is 42.0 Å². The Labute approximate surface area is 197 Å². The summed E-state index contributed by atoms with van der Waals surface area (Å²) in [5, 5.41) is 11.7. The zero-order valence-electron chi connectivity index (χ0n) is 18.0. The molecule has 0 bridgehead atoms. The van der Waals surface area contributed by atoms with Crippen molar-refractivity contribution in [1.82, 2.24) is 4.90 Å². The van der Waals surface area contributed by atoms with Gasteiger partial charge in [-0.15, -0.1) is 0 Å². The molecule has 1 unspecified atom stereocenters. The average molecular weight is 474 g/mol. The Bertz CT molecular complexity index is 1080. The highest BCUT2D eigenvalue weighted by Gasteiger charge is 2.48. The minimum Gasteiger partial charge on any atom is -0.507 e. The number of aliphatic hydroxyl groups is 1. The van der Waals surface area contributed by atoms with Crippen LogP contribution >= 0.6 is 23.2 Å². The number of aryl methyl sites for hydroxylation is 1. The van der Waals surface area contributed by atoms with Gasteiger partial charge in [0.05, 0.1) is 28.8 Å². The van der Waals surface area contributed by atoms with E-state index in [0.29, 0.717) is 0 Å². The number of nitrogens with zero attached hydrogens (tertiary/aromatic N) is 1. The van der Waals surface area contributed by atoms with E-state index in [2.05, 4.69) is 0 Å². The number of Topliss-reactive ketones (excluding diaryl/α,β-unsaturated/α-hetero) is 1. The van der Waals surface area contributed by atoms with Crippen molar-refractivity contribution in [2.75, 3.05) is 7.11 Å². The average Bonchev–Trinajstić information content (AvgIpc) is 3.04. The molecule has 4 rings (SSSR count). The molecule has 1 amide bonds. The van der Waals surface area contributed by atoms with Gasteiger partial charge in [0.1, 0.15) is 5.76 Å². The minimum absolute atomic E-state index is 0.0425. The second-order valence-electron chi connectivity index (χ2n) is 8.39. The lowest BCUT2D eigenvalue weighted by atomic mass is 9.90. The van der Waals surface area contributed by atoms with Crippen LogP contribution in [0.1, 0.15) is 54.8 Å². The molecule has 1 atom stereocenters. The first-order valence-corrected chi connectivity index (χ1v) is 11.5. The lowest BCUT2D eigenvalue weighted by molar-refractivity contribution is -0.141. The van der Waals surface area contributed by atoms with Crippen LogP contribution in [0.5, 0.6) is 5.75 Å². The molecule has 7 heteroatoms. The van der Waals surface area contributed by atoms with Gasteiger partial charge in [0, 0.05) is 11.6 Å². The third-order valence-corrected chi connectivity index (χ3v) is 6.84. The molecular formula is C25H25Cl2NO4. The van der Waals surface area contributed by atoms with Gasteiger partial charge in [0.2, 0.25) is 0 Å². The monoisotopic (exact) mass is 473 g/mol. The Balaban J connectivity index is 1.90. The second-order valence-corrected chi connectivity index (χ2v) is 9.20. The van der Waals surface area contributed by atoms with E-state index >= 15 is 0 Å². The van der Waals surface area contributed by atoms with Gasteiger partial charge < -0.3 is 14.7 Å². The highest BCUT2D eigenvalue weighted by molar-refractivity contribution is 6.47. The molecule has 2 aromatic carbocycles. The fraction of sp³-hybridized carbons (Fsp3) is 0.360. The van der Waals surface area contributed by atoms with Gasteiger partial charge in [-0.3, -0.25) is 9.59 Å². The summed E-state index contributed by atoms with van der Waals surface area (Å²) in [6, 6.07) is 9.96. The van der Waals surface area contributed by atoms with Crippen molar-refractivity contribution < 1.29 is 19.4 Å². The zero-order valence-corrected chi connectivity index (χ0v) is 19.5. The molecule has 5 nitrogen and oxygen atoms in total. The van der Waals surface area contributed by atoms with Crippen LogP contribution in [0.2, 0.25) is 10.0 Å². The van der Waals surface area contributed by atoms with Crippen LogP contribution in [0.4, 0.5) is 0 Å². The van der Waals surface area contributed by atoms with Gasteiger partial charge in [0.25, 0.3) is 11.7 Å². The largest absolute Gasteiger partial charge is 0.507 e. The standard InChI is InChI=1S/C25H25Cl2NO4/c1-14-7-6-8-15(11-14)21-20(22(29)16-12-18(26)24(32-2)19(27)13-16)23(30)25(31)28(21)17-9-4-3-5-10-17/h6-8,11-13,17,21,29H,3-5,9-10H2,1-2H3/b22-20+. The second kappa shape index (κ2) is 9.16. The lowest BCUT2D eigenvalue weighted by Gasteiger charge is -2.35. The first-order chi connectivity index (χ1) is 15.3. The Kier molecular flexibility index (Phi) is 6.50. The molecule has 2 aromatic rings. The van der Waals surface area contributed by atoms with Crippen LogP contribution in [0.25, 0.3) is 5.76 Å². The molecule has 0 radical (unpaired) electrons. The summed E-state index contributed by atoms with van der Waals surface area (Å²) >= 11 is 12.5. The van der Waals surface area contributed by atoms with Crippen LogP contribution in [-0.2, 0) is 9.59 Å². The summed E-state index contributed by atoms with van der Waals surface area (Å²) in [7, 11) is 1.44. The van der Waals surface area contributed by atoms with Crippen molar-refractivity contribution in [3.8, 4) is 5.75 Å². The van der Waals surface area contributed by atoms with Gasteiger partial charge in [-0.2, -0.15) is 0 Å². The minimum atomic E-state index is -0.692. The summed E-state index contributed by atoms with van der Waals surface area (Å²) in [5.41, 5.74) is 2.12. The molecule has 1 heterocycles. The molecule has 1 saturated carbocycles. The number of ketones is 1. The molecule has 2 fully saturated rings. The maximum Gasteiger partial charge on any atom is 0.295 e. The van der Waals surface area contributed by atoms with E-state index in [1.54, 1.807) is 4.90 Å². The molecule has 1 aliphatic carbocycles. The maximum atomic E-state index is 13.2. The highest BCUT2D eigenvalue weighted by atomic mass is 35.5. The molecule has 1 saturated heterocycles. The quantitative estimate of drug-likeness (QED) is 0.332. The predicted octanol–water partition coefficient (Wildman–Crippen LogP) is 6.06. The van der Waals surface area contributed by atoms with E-state index in [4.69, 9.17) is 27.9 Å². The van der Waals surface area contributed by atoms with Crippen LogP contribution in [0.3, 0.4) is 0 Å². The molecule has 32 heavy (non-hydrogen) atoms. The molecule has 2 aliphatic rings. The fourth-order valence-corrected chi connectivity index (χ4v) is 5.44. The number of aliphatic hydroxyl groups excluding tert-OH is 1. The Morgan fingerprint density at radius 1 is 1.06 bits per heavy atom. The van der Waals surface area contributed by atoms with Gasteiger partial charge in [-0.25, -0.2) is 0 Å². The van der Waals surface area contributed by atoms with Gasteiger partial charge in [0.15, 0.2) is 5.75 Å². The SMILES string of the molecule is COc1c(Cl)cc(/C(O)=C2\C(=O)C(=O)N(C3CCCCC3)C2c2cccc(C)c2)cc1Cl. The number of benzene rings is 2. The first-order valence-electron chi connectivity index (χ1n) is 10.7. The molecule has 0 spiro atoms. The number of rotatable bonds is 4. The van der Waals surface area contributed by atoms with E-state index in [0.717, 1.165) is 43.2 Å². The summed E-state index contributed by atoms with van der Waals surface area (Å²) in [4.78, 5) is 28.1. The van der Waals surface area contributed by atoms with Crippen molar-refractivity contribution in [2.45, 2.75) is 51.1 Å². The third kappa shape index (κ3) is 4.00. The van der Waals surface area contributed by atoms with E-state index < -0.39 is 17.7 Å². The van der Waals surface area contributed by atoms with Crippen molar-refractivity contribution in [3.05, 3.63) is 68.7 Å². The molecular weight excluding hydrogens is 449 g/mol. The highest BCUT2D eigenvalue weighted by Crippen LogP contribution is 2.44. The lowest BCUT2D eigenvalue weighted by Crippen LogP contribution is -2.40. The van der Waals surface area contributed by atoms with Crippen molar-refractivity contribution >= 4 is 40.7 Å². The molecule has 1 aliphatic heterocycles. The smallest absolute Gasteiger partial charge is 0.295 e. The number of carbonyl (C=O) groups is 2. The van der Waals surface area contributed by atoms with E-state index in [9.17, 15) is 14.7 Å². The predicted molar refractivity (Wildman–Crippen MR) is 125 cm³/mol. The number of hydrogen-bond acceptors (Lipinski definition) is 4. The number of halogens is 2. The van der Waals surface area contributed by atoms with Crippen molar-refractivity contribution in [1.29, 1.82) is 0 Å². The van der Waals surface area contributed by atoms with Crippen molar-refractivity contribution in [3.63, 3.8) is 0 Å². The topological polar surface area (TPSA) is 66.8 Å². The van der Waals surface area contributed by atoms with E-state index in [-0.39, 0.29) is 38.7 Å². The Hall–Kier alpha value is -2.50. The van der Waals surface area contributed by atoms with Crippen LogP contribution in [-0.4, -0.2) is 34.8 Å². The maximum absolute atomic E-state index is 13.2. The number of ether oxygens (including phenoxy) is 1. The Morgan fingerprint density at radius 2 is 1.72 bits per heavy atom. The summed E-state index contributed by atoms with van der Waals surface area (Å²) in [6.07, 6.45) is 4.83. The zero-order chi connectivity index (χ0) is 23.0. The molecule has 0 aromatic heterocycles. The first kappa shape index (κ1) is 22.7. The number of methoxy groups -OCH3 is 1. The van der Waals surface area contributed by atoms with Crippen LogP contribution in [0, 0.1) is 6.92 Å². The summed E-state index contributed by atoms with van der Waals surface area (Å²) in [5.74, 6) is -1.28. The van der Waals surface area contributed by atoms with Gasteiger partial charge >= 0.3 is 0 Å². The number of carbonyl (C=O) groups excluding carboxylic acids is 2. The fourth-order valence-electron chi connectivity index (χ4n) is 4.80. The third-order valence-electron chi connectivity index (χ3n) is 6.28. The van der Waals surface area contributed by atoms with Crippen LogP contribution < -0.4 is 4.74 Å². The Morgan fingerprint density at radius 3 is 2.31 bits per heavy atom. The van der Waals surface area contributed by atoms with E-state index in [1.807, 2.05) is 31.2 Å². The molecule has 1 N–H and O–H groups in total. The van der Waals surface area contributed by atoms with Crippen molar-refractivity contribution in [2.24, 2.45) is 0 Å². The number of likely N-dealkylation sites (tertiary alicyclic amines) is 1. The number of hydrogen-bond donors (Lipinski definition) is 1.